The Bertz CT molecular complexity index is 155. The largest absolute Gasteiger partial charge is 0.314 e. The smallest absolute Gasteiger partial charge is 0.00643 e. The van der Waals surface area contributed by atoms with Gasteiger partial charge in [-0.2, -0.15) is 0 Å². The molecule has 4 unspecified atom stereocenters. The van der Waals surface area contributed by atoms with Gasteiger partial charge in [-0.05, 0) is 37.6 Å². The van der Waals surface area contributed by atoms with E-state index < -0.39 is 0 Å². The van der Waals surface area contributed by atoms with Gasteiger partial charge in [0.05, 0.1) is 0 Å². The normalized spacial score (nSPS) is 31.7. The van der Waals surface area contributed by atoms with Gasteiger partial charge < -0.3 is 5.32 Å². The van der Waals surface area contributed by atoms with Gasteiger partial charge in [0.25, 0.3) is 0 Å². The van der Waals surface area contributed by atoms with Gasteiger partial charge >= 0.3 is 0 Å². The first-order chi connectivity index (χ1) is 6.65. The minimum absolute atomic E-state index is 0.688. The van der Waals surface area contributed by atoms with Crippen LogP contribution in [-0.2, 0) is 0 Å². The zero-order chi connectivity index (χ0) is 10.6. The molecule has 0 aromatic rings. The first-order valence-corrected chi connectivity index (χ1v) is 6.38. The van der Waals surface area contributed by atoms with Gasteiger partial charge in [0.1, 0.15) is 0 Å². The molecule has 0 saturated heterocycles. The molecule has 1 N–H and O–H groups in total. The molecule has 1 aliphatic carbocycles. The summed E-state index contributed by atoms with van der Waals surface area (Å²) >= 11 is 0. The molecule has 14 heavy (non-hydrogen) atoms. The molecule has 0 heterocycles. The topological polar surface area (TPSA) is 12.0 Å². The Labute approximate surface area is 89.7 Å². The number of nitrogens with one attached hydrogen (secondary N) is 1. The van der Waals surface area contributed by atoms with Gasteiger partial charge in [0.2, 0.25) is 0 Å². The minimum Gasteiger partial charge on any atom is -0.314 e. The summed E-state index contributed by atoms with van der Waals surface area (Å²) in [5.74, 6) is 2.71. The van der Waals surface area contributed by atoms with Crippen LogP contribution in [0.5, 0.6) is 0 Å². The first kappa shape index (κ1) is 12.0. The Morgan fingerprint density at radius 1 is 1.29 bits per heavy atom. The second-order valence-corrected chi connectivity index (χ2v) is 5.25. The Kier molecular flexibility index (Phi) is 4.94. The number of rotatable bonds is 5. The fourth-order valence-corrected chi connectivity index (χ4v) is 2.42. The Morgan fingerprint density at radius 2 is 2.00 bits per heavy atom. The van der Waals surface area contributed by atoms with E-state index in [0.717, 1.165) is 17.8 Å². The highest BCUT2D eigenvalue weighted by atomic mass is 14.9. The highest BCUT2D eigenvalue weighted by molar-refractivity contribution is 4.78. The fraction of sp³-hybridized carbons (Fsp3) is 1.00. The third-order valence-corrected chi connectivity index (χ3v) is 4.24. The molecule has 0 bridgehead atoms. The molecule has 1 heteroatoms. The SMILES string of the molecule is CCC(C)C(C)NCC1CCCC1C. The molecule has 0 spiro atoms. The van der Waals surface area contributed by atoms with Crippen LogP contribution in [-0.4, -0.2) is 12.6 Å². The monoisotopic (exact) mass is 197 g/mol. The third kappa shape index (κ3) is 3.27. The quantitative estimate of drug-likeness (QED) is 0.712. The van der Waals surface area contributed by atoms with Crippen molar-refractivity contribution in [1.82, 2.24) is 5.32 Å². The summed E-state index contributed by atoms with van der Waals surface area (Å²) in [5, 5.41) is 3.71. The van der Waals surface area contributed by atoms with Gasteiger partial charge in [-0.1, -0.05) is 40.0 Å². The Morgan fingerprint density at radius 3 is 2.50 bits per heavy atom. The van der Waals surface area contributed by atoms with Crippen LogP contribution < -0.4 is 5.32 Å². The van der Waals surface area contributed by atoms with Gasteiger partial charge in [0, 0.05) is 6.04 Å². The van der Waals surface area contributed by atoms with E-state index in [1.165, 1.54) is 32.2 Å². The molecule has 1 saturated carbocycles. The minimum atomic E-state index is 0.688. The van der Waals surface area contributed by atoms with E-state index in [9.17, 15) is 0 Å². The molecule has 1 rings (SSSR count). The molecular weight excluding hydrogens is 170 g/mol. The van der Waals surface area contributed by atoms with Crippen molar-refractivity contribution in [2.24, 2.45) is 17.8 Å². The highest BCUT2D eigenvalue weighted by Gasteiger charge is 2.23. The summed E-state index contributed by atoms with van der Waals surface area (Å²) < 4.78 is 0. The van der Waals surface area contributed by atoms with E-state index in [0.29, 0.717) is 6.04 Å². The van der Waals surface area contributed by atoms with E-state index >= 15 is 0 Å². The zero-order valence-electron chi connectivity index (χ0n) is 10.3. The van der Waals surface area contributed by atoms with Crippen LogP contribution in [0.25, 0.3) is 0 Å². The van der Waals surface area contributed by atoms with Gasteiger partial charge in [-0.15, -0.1) is 0 Å². The van der Waals surface area contributed by atoms with Crippen molar-refractivity contribution in [2.75, 3.05) is 6.54 Å². The zero-order valence-corrected chi connectivity index (χ0v) is 10.3. The third-order valence-electron chi connectivity index (χ3n) is 4.24. The van der Waals surface area contributed by atoms with Crippen LogP contribution in [0.4, 0.5) is 0 Å². The lowest BCUT2D eigenvalue weighted by Crippen LogP contribution is -2.36. The summed E-state index contributed by atoms with van der Waals surface area (Å²) in [6.07, 6.45) is 5.63. The van der Waals surface area contributed by atoms with Crippen LogP contribution in [0.2, 0.25) is 0 Å². The lowest BCUT2D eigenvalue weighted by molar-refractivity contribution is 0.328. The molecule has 0 aliphatic heterocycles. The molecule has 0 radical (unpaired) electrons. The molecule has 0 amide bonds. The summed E-state index contributed by atoms with van der Waals surface area (Å²) in [5.41, 5.74) is 0. The average molecular weight is 197 g/mol. The van der Waals surface area contributed by atoms with E-state index in [4.69, 9.17) is 0 Å². The molecule has 1 nitrogen and oxygen atoms in total. The second-order valence-electron chi connectivity index (χ2n) is 5.25. The van der Waals surface area contributed by atoms with Crippen LogP contribution in [0, 0.1) is 17.8 Å². The molecule has 0 aromatic carbocycles. The maximum Gasteiger partial charge on any atom is 0.00643 e. The van der Waals surface area contributed by atoms with Crippen LogP contribution in [0.1, 0.15) is 53.4 Å². The van der Waals surface area contributed by atoms with Gasteiger partial charge in [0.15, 0.2) is 0 Å². The summed E-state index contributed by atoms with van der Waals surface area (Å²) in [4.78, 5) is 0. The van der Waals surface area contributed by atoms with Crippen molar-refractivity contribution in [2.45, 2.75) is 59.4 Å². The van der Waals surface area contributed by atoms with E-state index in [1.54, 1.807) is 0 Å². The van der Waals surface area contributed by atoms with Gasteiger partial charge in [-0.3, -0.25) is 0 Å². The van der Waals surface area contributed by atoms with Crippen LogP contribution in [0.3, 0.4) is 0 Å². The first-order valence-electron chi connectivity index (χ1n) is 6.38. The lowest BCUT2D eigenvalue weighted by Gasteiger charge is -2.23. The van der Waals surface area contributed by atoms with Crippen molar-refractivity contribution in [3.63, 3.8) is 0 Å². The van der Waals surface area contributed by atoms with Crippen LogP contribution >= 0.6 is 0 Å². The number of hydrogen-bond donors (Lipinski definition) is 1. The second kappa shape index (κ2) is 5.75. The predicted octanol–water partition coefficient (Wildman–Crippen LogP) is 3.45. The molecule has 4 atom stereocenters. The van der Waals surface area contributed by atoms with E-state index in [2.05, 4.69) is 33.0 Å². The van der Waals surface area contributed by atoms with E-state index in [-0.39, 0.29) is 0 Å². The van der Waals surface area contributed by atoms with E-state index in [1.807, 2.05) is 0 Å². The fourth-order valence-electron chi connectivity index (χ4n) is 2.42. The van der Waals surface area contributed by atoms with Crippen molar-refractivity contribution < 1.29 is 0 Å². The average Bonchev–Trinajstić information content (AvgIpc) is 2.59. The van der Waals surface area contributed by atoms with Crippen LogP contribution in [0.15, 0.2) is 0 Å². The van der Waals surface area contributed by atoms with Crippen molar-refractivity contribution in [3.8, 4) is 0 Å². The highest BCUT2D eigenvalue weighted by Crippen LogP contribution is 2.30. The summed E-state index contributed by atoms with van der Waals surface area (Å²) in [6.45, 7) is 10.6. The molecule has 0 aromatic heterocycles. The van der Waals surface area contributed by atoms with Gasteiger partial charge in [-0.25, -0.2) is 0 Å². The molecular formula is C13H27N. The maximum atomic E-state index is 3.71. The Balaban J connectivity index is 2.19. The van der Waals surface area contributed by atoms with Crippen molar-refractivity contribution in [3.05, 3.63) is 0 Å². The van der Waals surface area contributed by atoms with Crippen molar-refractivity contribution in [1.29, 1.82) is 0 Å². The molecule has 84 valence electrons. The lowest BCUT2D eigenvalue weighted by atomic mass is 9.96. The Hall–Kier alpha value is -0.0400. The molecule has 1 fully saturated rings. The predicted molar refractivity (Wildman–Crippen MR) is 63.4 cm³/mol. The number of hydrogen-bond acceptors (Lipinski definition) is 1. The maximum absolute atomic E-state index is 3.71. The summed E-state index contributed by atoms with van der Waals surface area (Å²) in [7, 11) is 0. The standard InChI is InChI=1S/C13H27N/c1-5-10(2)12(4)14-9-13-8-6-7-11(13)3/h10-14H,5-9H2,1-4H3. The summed E-state index contributed by atoms with van der Waals surface area (Å²) in [6, 6.07) is 0.688. The molecule has 1 aliphatic rings. The van der Waals surface area contributed by atoms with Crippen molar-refractivity contribution >= 4 is 0 Å².